The summed E-state index contributed by atoms with van der Waals surface area (Å²) in [7, 11) is 1.80. The SMILES string of the molecule is CNC(=O)N1N[C@@H]2C(=C3[C@@H]1[C@H]1CC[C@H]4CC[C@@H]3[C@@H]41)[C@@H]1CC[C@@H]3CC[C@H]2[C@@H]31. The van der Waals surface area contributed by atoms with E-state index >= 15 is 0 Å². The highest BCUT2D eigenvalue weighted by molar-refractivity contribution is 5.75. The molecule has 2 amide bonds. The number of hydrazine groups is 1. The van der Waals surface area contributed by atoms with E-state index in [-0.39, 0.29) is 6.03 Å². The van der Waals surface area contributed by atoms with Crippen LogP contribution >= 0.6 is 0 Å². The summed E-state index contributed by atoms with van der Waals surface area (Å²) < 4.78 is 0. The van der Waals surface area contributed by atoms with Crippen molar-refractivity contribution in [1.29, 1.82) is 0 Å². The first kappa shape index (κ1) is 15.0. The first-order chi connectivity index (χ1) is 12.8. The zero-order valence-electron chi connectivity index (χ0n) is 15.8. The zero-order chi connectivity index (χ0) is 17.2. The van der Waals surface area contributed by atoms with Crippen molar-refractivity contribution < 1.29 is 4.79 Å². The highest BCUT2D eigenvalue weighted by Gasteiger charge is 2.65. The summed E-state index contributed by atoms with van der Waals surface area (Å²) in [4.78, 5) is 12.9. The molecule has 0 saturated heterocycles. The molecule has 1 heterocycles. The van der Waals surface area contributed by atoms with Gasteiger partial charge in [-0.25, -0.2) is 10.2 Å². The molecule has 7 rings (SSSR count). The van der Waals surface area contributed by atoms with Crippen molar-refractivity contribution in [3.63, 3.8) is 0 Å². The predicted molar refractivity (Wildman–Crippen MR) is 98.9 cm³/mol. The number of rotatable bonds is 0. The van der Waals surface area contributed by atoms with Gasteiger partial charge in [-0.15, -0.1) is 0 Å². The minimum absolute atomic E-state index is 0.0987. The largest absolute Gasteiger partial charge is 0.340 e. The van der Waals surface area contributed by atoms with Crippen LogP contribution in [-0.2, 0) is 0 Å². The second kappa shape index (κ2) is 4.87. The minimum atomic E-state index is 0.0987. The number of carbonyl (C=O) groups is 1. The Balaban J connectivity index is 1.42. The Hall–Kier alpha value is -1.03. The van der Waals surface area contributed by atoms with Crippen LogP contribution in [0.15, 0.2) is 11.1 Å². The monoisotopic (exact) mass is 353 g/mol. The molecule has 6 aliphatic carbocycles. The van der Waals surface area contributed by atoms with E-state index in [0.717, 1.165) is 47.3 Å². The molecular formula is C22H31N3O. The van der Waals surface area contributed by atoms with E-state index in [9.17, 15) is 4.79 Å². The molecule has 140 valence electrons. The van der Waals surface area contributed by atoms with Crippen molar-refractivity contribution in [2.24, 2.45) is 47.3 Å². The fourth-order valence-corrected chi connectivity index (χ4v) is 9.59. The van der Waals surface area contributed by atoms with E-state index in [0.29, 0.717) is 12.1 Å². The Morgan fingerprint density at radius 1 is 0.885 bits per heavy atom. The molecule has 10 atom stereocenters. The summed E-state index contributed by atoms with van der Waals surface area (Å²) in [6.07, 6.45) is 11.3. The Bertz CT molecular complexity index is 716. The van der Waals surface area contributed by atoms with Crippen molar-refractivity contribution in [2.75, 3.05) is 7.05 Å². The van der Waals surface area contributed by atoms with E-state index in [2.05, 4.69) is 15.8 Å². The van der Waals surface area contributed by atoms with Crippen LogP contribution < -0.4 is 10.7 Å². The standard InChI is InChI=1S/C22H31N3O/c1-23-22(26)25-21-15-9-5-11-3-7-13(17(11)15)19(21)18-12-6-2-10-4-8-14(16(10)12)20(18)24-25/h10-17,20-21,24H,2-9H2,1H3,(H,23,26)/t10-,11-,12-,13-,14+,15+,16+,17-,20+,21+/m1/s1. The topological polar surface area (TPSA) is 44.4 Å². The van der Waals surface area contributed by atoms with E-state index in [1.165, 1.54) is 51.4 Å². The molecule has 0 aromatic heterocycles. The van der Waals surface area contributed by atoms with Gasteiger partial charge in [-0.05, 0) is 110 Å². The van der Waals surface area contributed by atoms with E-state index < -0.39 is 0 Å². The lowest BCUT2D eigenvalue weighted by molar-refractivity contribution is 0.0984. The molecule has 0 radical (unpaired) electrons. The van der Waals surface area contributed by atoms with Crippen LogP contribution in [0.1, 0.15) is 51.4 Å². The summed E-state index contributed by atoms with van der Waals surface area (Å²) in [6.45, 7) is 0. The molecule has 0 spiro atoms. The molecule has 0 aromatic carbocycles. The summed E-state index contributed by atoms with van der Waals surface area (Å²) in [5, 5.41) is 5.03. The molecule has 0 unspecified atom stereocenters. The van der Waals surface area contributed by atoms with Gasteiger partial charge in [0.15, 0.2) is 0 Å². The van der Waals surface area contributed by atoms with Crippen molar-refractivity contribution in [3.8, 4) is 0 Å². The van der Waals surface area contributed by atoms with Gasteiger partial charge in [0.25, 0.3) is 0 Å². The van der Waals surface area contributed by atoms with E-state index in [1.807, 2.05) is 5.57 Å². The molecule has 0 aromatic rings. The molecule has 1 aliphatic heterocycles. The van der Waals surface area contributed by atoms with Gasteiger partial charge in [0.2, 0.25) is 0 Å². The summed E-state index contributed by atoms with van der Waals surface area (Å²) >= 11 is 0. The molecule has 6 fully saturated rings. The third kappa shape index (κ3) is 1.54. The maximum absolute atomic E-state index is 12.9. The second-order valence-corrected chi connectivity index (χ2v) is 10.4. The number of amides is 2. The highest BCUT2D eigenvalue weighted by Crippen LogP contribution is 2.68. The van der Waals surface area contributed by atoms with Crippen LogP contribution in [0.25, 0.3) is 0 Å². The molecule has 2 N–H and O–H groups in total. The van der Waals surface area contributed by atoms with Gasteiger partial charge in [0.05, 0.1) is 12.1 Å². The Morgan fingerprint density at radius 3 is 2.23 bits per heavy atom. The van der Waals surface area contributed by atoms with Crippen LogP contribution in [0.3, 0.4) is 0 Å². The van der Waals surface area contributed by atoms with Gasteiger partial charge >= 0.3 is 6.03 Å². The van der Waals surface area contributed by atoms with Gasteiger partial charge in [-0.3, -0.25) is 5.01 Å². The molecule has 26 heavy (non-hydrogen) atoms. The van der Waals surface area contributed by atoms with Gasteiger partial charge in [0, 0.05) is 7.05 Å². The lowest BCUT2D eigenvalue weighted by atomic mass is 9.83. The third-order valence-electron chi connectivity index (χ3n) is 10.1. The van der Waals surface area contributed by atoms with Gasteiger partial charge in [-0.2, -0.15) is 0 Å². The first-order valence-corrected chi connectivity index (χ1v) is 11.3. The average molecular weight is 354 g/mol. The number of fused-ring (bicyclic) bond motifs is 6. The van der Waals surface area contributed by atoms with Crippen molar-refractivity contribution in [3.05, 3.63) is 11.1 Å². The normalized spacial score (nSPS) is 55.2. The van der Waals surface area contributed by atoms with Gasteiger partial charge < -0.3 is 5.32 Å². The summed E-state index contributed by atoms with van der Waals surface area (Å²) in [5.74, 6) is 6.92. The van der Waals surface area contributed by atoms with Crippen LogP contribution in [-0.4, -0.2) is 30.2 Å². The number of nitrogens with one attached hydrogen (secondary N) is 2. The van der Waals surface area contributed by atoms with Crippen LogP contribution in [0.5, 0.6) is 0 Å². The maximum Gasteiger partial charge on any atom is 0.332 e. The first-order valence-electron chi connectivity index (χ1n) is 11.3. The van der Waals surface area contributed by atoms with Gasteiger partial charge in [0.1, 0.15) is 0 Å². The third-order valence-corrected chi connectivity index (χ3v) is 10.1. The second-order valence-electron chi connectivity index (χ2n) is 10.4. The number of carbonyl (C=O) groups excluding carboxylic acids is 1. The molecular weight excluding hydrogens is 322 g/mol. The smallest absolute Gasteiger partial charge is 0.332 e. The van der Waals surface area contributed by atoms with Crippen molar-refractivity contribution in [2.45, 2.75) is 63.5 Å². The molecule has 4 nitrogen and oxygen atoms in total. The fraction of sp³-hybridized carbons (Fsp3) is 0.864. The van der Waals surface area contributed by atoms with Gasteiger partial charge in [-0.1, -0.05) is 0 Å². The lowest BCUT2D eigenvalue weighted by Gasteiger charge is -2.43. The number of hydrogen-bond acceptors (Lipinski definition) is 2. The summed E-state index contributed by atoms with van der Waals surface area (Å²) in [6, 6.07) is 0.928. The number of nitrogens with zero attached hydrogens (tertiary/aromatic N) is 1. The number of hydrogen-bond donors (Lipinski definition) is 2. The van der Waals surface area contributed by atoms with Crippen molar-refractivity contribution in [1.82, 2.24) is 15.8 Å². The average Bonchev–Trinajstić information content (AvgIpc) is 3.43. The molecule has 7 aliphatic rings. The minimum Gasteiger partial charge on any atom is -0.340 e. The molecule has 6 saturated carbocycles. The quantitative estimate of drug-likeness (QED) is 0.656. The molecule has 4 heteroatoms. The lowest BCUT2D eigenvalue weighted by Crippen LogP contribution is -2.61. The zero-order valence-corrected chi connectivity index (χ0v) is 15.8. The van der Waals surface area contributed by atoms with E-state index in [1.54, 1.807) is 12.6 Å². The van der Waals surface area contributed by atoms with E-state index in [4.69, 9.17) is 0 Å². The summed E-state index contributed by atoms with van der Waals surface area (Å²) in [5.41, 5.74) is 7.46. The molecule has 0 bridgehead atoms. The van der Waals surface area contributed by atoms with Crippen LogP contribution in [0.4, 0.5) is 4.79 Å². The van der Waals surface area contributed by atoms with Crippen LogP contribution in [0.2, 0.25) is 0 Å². The van der Waals surface area contributed by atoms with Crippen molar-refractivity contribution >= 4 is 6.03 Å². The maximum atomic E-state index is 12.9. The number of urea groups is 1. The Morgan fingerprint density at radius 2 is 1.50 bits per heavy atom. The fourth-order valence-electron chi connectivity index (χ4n) is 9.59. The Kier molecular flexibility index (Phi) is 2.80. The predicted octanol–water partition coefficient (Wildman–Crippen LogP) is 3.31. The Labute approximate surface area is 156 Å². The van der Waals surface area contributed by atoms with Crippen LogP contribution in [0, 0.1) is 47.3 Å². The highest BCUT2D eigenvalue weighted by atomic mass is 16.2.